The summed E-state index contributed by atoms with van der Waals surface area (Å²) in [5, 5.41) is 0. The molecule has 6 heavy (non-hydrogen) atoms. The zero-order valence-corrected chi connectivity index (χ0v) is 6.44. The van der Waals surface area contributed by atoms with Crippen LogP contribution in [0.3, 0.4) is 0 Å². The summed E-state index contributed by atoms with van der Waals surface area (Å²) in [5.41, 5.74) is 0. The maximum Gasteiger partial charge on any atom is 0 e. The standard InChI is InChI=1S/Bi.4FH.Li/h;4*1H;/q+4;;;;;/p-4. The average molecular weight is 292 g/mol. The second-order valence-electron chi connectivity index (χ2n) is 0.383. The van der Waals surface area contributed by atoms with Gasteiger partial charge >= 0.3 is 33.2 Å². The Labute approximate surface area is 52.0 Å². The number of halogens is 4. The van der Waals surface area contributed by atoms with Gasteiger partial charge in [-0.2, -0.15) is 0 Å². The van der Waals surface area contributed by atoms with E-state index in [1.807, 2.05) is 0 Å². The molecule has 0 heterocycles. The number of hydrogen-bond acceptors (Lipinski definition) is 0. The molecule has 34 valence electrons. The minimum Gasteiger partial charge on any atom is 0 e. The Kier molecular flexibility index (Phi) is 5.52. The first kappa shape index (κ1) is 10.2. The summed E-state index contributed by atoms with van der Waals surface area (Å²) in [5.74, 6) is 0. The third-order valence-electron chi connectivity index (χ3n) is 0. The Morgan fingerprint density at radius 2 is 0.833 bits per heavy atom. The normalized spacial score (nSPS) is 10.0. The second kappa shape index (κ2) is 3.23. The van der Waals surface area contributed by atoms with E-state index in [0.29, 0.717) is 0 Å². The topological polar surface area (TPSA) is 0 Å². The van der Waals surface area contributed by atoms with E-state index in [4.69, 9.17) is 0 Å². The number of rotatable bonds is 0. The number of hydrogen-bond donors (Lipinski definition) is 0. The Bertz CT molecular complexity index is 23.0. The van der Waals surface area contributed by atoms with Crippen LogP contribution in [-0.2, 0) is 0 Å². The van der Waals surface area contributed by atoms with Gasteiger partial charge in [0.25, 0.3) is 0 Å². The minimum absolute atomic E-state index is 0. The molecule has 0 aliphatic carbocycles. The molecule has 0 N–H and O–H groups in total. The summed E-state index contributed by atoms with van der Waals surface area (Å²) < 4.78 is 39.6. The minimum atomic E-state index is -7.22. The zero-order valence-electron chi connectivity index (χ0n) is 2.96. The predicted molar refractivity (Wildman–Crippen MR) is 15.9 cm³/mol. The molecule has 6 heteroatoms. The molecule has 0 aromatic rings. The molecule has 0 saturated heterocycles. The third kappa shape index (κ3) is 63.7. The summed E-state index contributed by atoms with van der Waals surface area (Å²) in [6, 6.07) is 0. The van der Waals surface area contributed by atoms with E-state index >= 15 is 0 Å². The van der Waals surface area contributed by atoms with Crippen molar-refractivity contribution in [3.63, 3.8) is 0 Å². The molecule has 0 rings (SSSR count). The molecule has 2 radical (unpaired) electrons. The maximum atomic E-state index is 9.90. The van der Waals surface area contributed by atoms with E-state index in [1.54, 1.807) is 0 Å². The molecule has 0 saturated carbocycles. The van der Waals surface area contributed by atoms with E-state index < -0.39 is 22.7 Å². The van der Waals surface area contributed by atoms with Gasteiger partial charge in [-0.3, -0.25) is 0 Å². The third-order valence-corrected chi connectivity index (χ3v) is 0. The van der Waals surface area contributed by atoms with Gasteiger partial charge in [0.05, 0.1) is 0 Å². The molecule has 0 spiro atoms. The van der Waals surface area contributed by atoms with Crippen molar-refractivity contribution in [3.8, 4) is 0 Å². The fourth-order valence-electron chi connectivity index (χ4n) is 0. The molecule has 0 aliphatic rings. The van der Waals surface area contributed by atoms with Crippen molar-refractivity contribution >= 4 is 41.6 Å². The van der Waals surface area contributed by atoms with Crippen LogP contribution in [0.5, 0.6) is 0 Å². The molecule has 0 aromatic heterocycles. The fraction of sp³-hybridized carbons (Fsp3) is 0. The van der Waals surface area contributed by atoms with Gasteiger partial charge in [0.15, 0.2) is 0 Å². The smallest absolute Gasteiger partial charge is 0 e. The van der Waals surface area contributed by atoms with Gasteiger partial charge < -0.3 is 0 Å². The molecule has 0 unspecified atom stereocenters. The van der Waals surface area contributed by atoms with E-state index in [-0.39, 0.29) is 18.9 Å². The summed E-state index contributed by atoms with van der Waals surface area (Å²) >= 11 is -7.22. The van der Waals surface area contributed by atoms with Gasteiger partial charge in [0, 0.05) is 18.9 Å². The quantitative estimate of drug-likeness (QED) is 0.460. The van der Waals surface area contributed by atoms with Crippen LogP contribution >= 0.6 is 0 Å². The average Bonchev–Trinajstić information content (AvgIpc) is 0.722. The first-order valence-electron chi connectivity index (χ1n) is 0.676. The van der Waals surface area contributed by atoms with Crippen molar-refractivity contribution in [2.75, 3.05) is 0 Å². The van der Waals surface area contributed by atoms with E-state index in [0.717, 1.165) is 0 Å². The summed E-state index contributed by atoms with van der Waals surface area (Å²) in [4.78, 5) is 0. The summed E-state index contributed by atoms with van der Waals surface area (Å²) in [7, 11) is 0. The van der Waals surface area contributed by atoms with Crippen LogP contribution in [0.4, 0.5) is 10.5 Å². The maximum absolute atomic E-state index is 9.90. The van der Waals surface area contributed by atoms with Crippen LogP contribution in [0.1, 0.15) is 0 Å². The first-order valence-corrected chi connectivity index (χ1v) is 5.93. The fourth-order valence-corrected chi connectivity index (χ4v) is 0. The van der Waals surface area contributed by atoms with Crippen molar-refractivity contribution in [2.24, 2.45) is 0 Å². The monoisotopic (exact) mass is 292 g/mol. The predicted octanol–water partition coefficient (Wildman–Crippen LogP) is 0.919. The molecule has 0 atom stereocenters. The summed E-state index contributed by atoms with van der Waals surface area (Å²) in [6.07, 6.45) is 0. The van der Waals surface area contributed by atoms with Crippen molar-refractivity contribution in [1.29, 1.82) is 0 Å². The van der Waals surface area contributed by atoms with Crippen molar-refractivity contribution in [2.45, 2.75) is 0 Å². The molecule has 0 aliphatic heterocycles. The van der Waals surface area contributed by atoms with Gasteiger partial charge in [-0.1, -0.05) is 0 Å². The van der Waals surface area contributed by atoms with Gasteiger partial charge in [0.2, 0.25) is 0 Å². The van der Waals surface area contributed by atoms with Crippen LogP contribution in [0.25, 0.3) is 0 Å². The SMILES string of the molecule is [F][Bi]([F])([F])[F].[Li]. The Hall–Kier alpha value is 1.20. The first-order chi connectivity index (χ1) is 2.00. The molecule has 0 amide bonds. The zero-order chi connectivity index (χ0) is 4.50. The summed E-state index contributed by atoms with van der Waals surface area (Å²) in [6.45, 7) is 0. The van der Waals surface area contributed by atoms with Crippen molar-refractivity contribution < 1.29 is 10.5 Å². The van der Waals surface area contributed by atoms with Crippen LogP contribution < -0.4 is 0 Å². The van der Waals surface area contributed by atoms with Crippen LogP contribution in [0.15, 0.2) is 0 Å². The van der Waals surface area contributed by atoms with E-state index in [1.165, 1.54) is 0 Å². The molecule has 0 aromatic carbocycles. The Balaban J connectivity index is 0. The Morgan fingerprint density at radius 3 is 0.833 bits per heavy atom. The van der Waals surface area contributed by atoms with Gasteiger partial charge in [-0.05, 0) is 0 Å². The van der Waals surface area contributed by atoms with E-state index in [2.05, 4.69) is 0 Å². The molecule has 0 nitrogen and oxygen atoms in total. The van der Waals surface area contributed by atoms with Gasteiger partial charge in [0.1, 0.15) is 0 Å². The van der Waals surface area contributed by atoms with E-state index in [9.17, 15) is 10.5 Å². The molecule has 0 fully saturated rings. The van der Waals surface area contributed by atoms with Gasteiger partial charge in [-0.15, -0.1) is 0 Å². The van der Waals surface area contributed by atoms with Crippen LogP contribution in [0.2, 0.25) is 0 Å². The van der Waals surface area contributed by atoms with Gasteiger partial charge in [-0.25, -0.2) is 0 Å². The van der Waals surface area contributed by atoms with Crippen molar-refractivity contribution in [1.82, 2.24) is 0 Å². The molecular weight excluding hydrogens is 292 g/mol. The molecular formula is BiF4Li. The van der Waals surface area contributed by atoms with Crippen molar-refractivity contribution in [3.05, 3.63) is 0 Å². The second-order valence-corrected chi connectivity index (χ2v) is 3.36. The largest absolute Gasteiger partial charge is 0 e. The van der Waals surface area contributed by atoms with Crippen LogP contribution in [0, 0.1) is 0 Å². The molecule has 0 bridgehead atoms. The van der Waals surface area contributed by atoms with Crippen LogP contribution in [-0.4, -0.2) is 41.6 Å². The Morgan fingerprint density at radius 1 is 0.833 bits per heavy atom.